The molecule has 0 aromatic rings. The highest BCUT2D eigenvalue weighted by atomic mass is 16.2. The van der Waals surface area contributed by atoms with Gasteiger partial charge < -0.3 is 16.0 Å². The Morgan fingerprint density at radius 1 is 1.35 bits per heavy atom. The third-order valence-electron chi connectivity index (χ3n) is 3.55. The van der Waals surface area contributed by atoms with Gasteiger partial charge in [0, 0.05) is 38.1 Å². The van der Waals surface area contributed by atoms with Crippen LogP contribution < -0.4 is 11.1 Å². The summed E-state index contributed by atoms with van der Waals surface area (Å²) in [5, 5.41) is 3.41. The molecule has 100 valence electrons. The summed E-state index contributed by atoms with van der Waals surface area (Å²) in [5.41, 5.74) is 5.72. The fourth-order valence-corrected chi connectivity index (χ4v) is 2.21. The highest BCUT2D eigenvalue weighted by molar-refractivity contribution is 5.76. The van der Waals surface area contributed by atoms with Crippen LogP contribution in [0.3, 0.4) is 0 Å². The van der Waals surface area contributed by atoms with Gasteiger partial charge in [0.25, 0.3) is 0 Å². The summed E-state index contributed by atoms with van der Waals surface area (Å²) in [6.07, 6.45) is 5.17. The molecular weight excluding hydrogens is 214 g/mol. The van der Waals surface area contributed by atoms with Crippen LogP contribution in [0.1, 0.15) is 46.0 Å². The number of hydrogen-bond donors (Lipinski definition) is 2. The van der Waals surface area contributed by atoms with Crippen LogP contribution in [0, 0.1) is 0 Å². The van der Waals surface area contributed by atoms with Crippen molar-refractivity contribution in [2.75, 3.05) is 19.6 Å². The monoisotopic (exact) mass is 241 g/mol. The van der Waals surface area contributed by atoms with E-state index in [1.807, 2.05) is 4.90 Å². The summed E-state index contributed by atoms with van der Waals surface area (Å²) >= 11 is 0. The van der Waals surface area contributed by atoms with Crippen LogP contribution >= 0.6 is 0 Å². The molecule has 1 aliphatic rings. The molecule has 0 aliphatic carbocycles. The number of hydrogen-bond acceptors (Lipinski definition) is 3. The molecule has 3 N–H and O–H groups in total. The van der Waals surface area contributed by atoms with Gasteiger partial charge in [-0.25, -0.2) is 0 Å². The van der Waals surface area contributed by atoms with E-state index >= 15 is 0 Å². The predicted molar refractivity (Wildman–Crippen MR) is 70.8 cm³/mol. The number of piperidine rings is 1. The molecule has 4 heteroatoms. The topological polar surface area (TPSA) is 58.4 Å². The van der Waals surface area contributed by atoms with Crippen LogP contribution in [0.5, 0.6) is 0 Å². The average Bonchev–Trinajstić information content (AvgIpc) is 2.38. The molecular formula is C13H27N3O. The van der Waals surface area contributed by atoms with Gasteiger partial charge >= 0.3 is 0 Å². The number of nitrogens with two attached hydrogens (primary N) is 1. The predicted octanol–water partition coefficient (Wildman–Crippen LogP) is 1.10. The smallest absolute Gasteiger partial charge is 0.224 e. The number of rotatable bonds is 6. The Kier molecular flexibility index (Phi) is 6.52. The number of nitrogens with one attached hydrogen (secondary N) is 1. The van der Waals surface area contributed by atoms with E-state index in [2.05, 4.69) is 19.2 Å². The van der Waals surface area contributed by atoms with Crippen LogP contribution in [0.15, 0.2) is 0 Å². The molecule has 1 fully saturated rings. The summed E-state index contributed by atoms with van der Waals surface area (Å²) in [4.78, 5) is 14.1. The second-order valence-corrected chi connectivity index (χ2v) is 5.05. The Balaban J connectivity index is 2.35. The van der Waals surface area contributed by atoms with Gasteiger partial charge in [0.1, 0.15) is 0 Å². The van der Waals surface area contributed by atoms with Crippen molar-refractivity contribution in [2.45, 2.75) is 58.0 Å². The molecule has 0 radical (unpaired) electrons. The largest absolute Gasteiger partial charge is 0.343 e. The van der Waals surface area contributed by atoms with E-state index in [0.29, 0.717) is 19.0 Å². The minimum atomic E-state index is 0.124. The zero-order valence-corrected chi connectivity index (χ0v) is 11.2. The molecule has 17 heavy (non-hydrogen) atoms. The maximum atomic E-state index is 12.1. The molecule has 0 saturated carbocycles. The Morgan fingerprint density at radius 3 is 2.53 bits per heavy atom. The molecule has 1 saturated heterocycles. The lowest BCUT2D eigenvalue weighted by molar-refractivity contribution is -0.132. The lowest BCUT2D eigenvalue weighted by Crippen LogP contribution is -2.46. The fourth-order valence-electron chi connectivity index (χ4n) is 2.21. The van der Waals surface area contributed by atoms with E-state index in [-0.39, 0.29) is 11.9 Å². The Morgan fingerprint density at radius 2 is 2.00 bits per heavy atom. The average molecular weight is 241 g/mol. The maximum Gasteiger partial charge on any atom is 0.224 e. The van der Waals surface area contributed by atoms with Crippen molar-refractivity contribution in [3.05, 3.63) is 0 Å². The summed E-state index contributed by atoms with van der Waals surface area (Å²) in [6, 6.07) is 0.553. The van der Waals surface area contributed by atoms with Crippen LogP contribution in [0.2, 0.25) is 0 Å². The first-order valence-electron chi connectivity index (χ1n) is 6.91. The second kappa shape index (κ2) is 7.67. The van der Waals surface area contributed by atoms with Gasteiger partial charge in [-0.15, -0.1) is 0 Å². The van der Waals surface area contributed by atoms with Gasteiger partial charge in [0.15, 0.2) is 0 Å². The van der Waals surface area contributed by atoms with Crippen LogP contribution in [0.4, 0.5) is 0 Å². The van der Waals surface area contributed by atoms with Gasteiger partial charge in [0.2, 0.25) is 5.91 Å². The normalized spacial score (nSPS) is 20.1. The van der Waals surface area contributed by atoms with Gasteiger partial charge in [0.05, 0.1) is 0 Å². The third kappa shape index (κ3) is 5.04. The standard InChI is InChI=1S/C13H27N3O/c1-3-11(2)15-12(10-14)9-13(17)16-7-5-4-6-8-16/h11-12,15H,3-10,14H2,1-2H3. The van der Waals surface area contributed by atoms with E-state index in [0.717, 1.165) is 32.4 Å². The SMILES string of the molecule is CCC(C)NC(CN)CC(=O)N1CCCCC1. The molecule has 1 rings (SSSR count). The van der Waals surface area contributed by atoms with Crippen molar-refractivity contribution in [2.24, 2.45) is 5.73 Å². The first kappa shape index (κ1) is 14.5. The highest BCUT2D eigenvalue weighted by Gasteiger charge is 2.20. The summed E-state index contributed by atoms with van der Waals surface area (Å²) < 4.78 is 0. The van der Waals surface area contributed by atoms with Gasteiger partial charge in [-0.05, 0) is 32.6 Å². The molecule has 0 aromatic heterocycles. The molecule has 0 aromatic carbocycles. The zero-order chi connectivity index (χ0) is 12.7. The first-order valence-corrected chi connectivity index (χ1v) is 6.91. The van der Waals surface area contributed by atoms with Crippen LogP contribution in [-0.4, -0.2) is 42.5 Å². The van der Waals surface area contributed by atoms with Crippen molar-refractivity contribution in [3.63, 3.8) is 0 Å². The zero-order valence-electron chi connectivity index (χ0n) is 11.2. The summed E-state index contributed by atoms with van der Waals surface area (Å²) in [5.74, 6) is 0.260. The van der Waals surface area contributed by atoms with E-state index in [9.17, 15) is 4.79 Å². The number of amides is 1. The van der Waals surface area contributed by atoms with E-state index in [4.69, 9.17) is 5.73 Å². The number of carbonyl (C=O) groups excluding carboxylic acids is 1. The lowest BCUT2D eigenvalue weighted by Gasteiger charge is -2.29. The highest BCUT2D eigenvalue weighted by Crippen LogP contribution is 2.10. The van der Waals surface area contributed by atoms with Crippen molar-refractivity contribution in [3.8, 4) is 0 Å². The molecule has 2 atom stereocenters. The van der Waals surface area contributed by atoms with E-state index in [1.54, 1.807) is 0 Å². The number of nitrogens with zero attached hydrogens (tertiary/aromatic N) is 1. The summed E-state index contributed by atoms with van der Waals surface area (Å²) in [7, 11) is 0. The third-order valence-corrected chi connectivity index (χ3v) is 3.55. The number of likely N-dealkylation sites (tertiary alicyclic amines) is 1. The van der Waals surface area contributed by atoms with Gasteiger partial charge in [-0.1, -0.05) is 6.92 Å². The van der Waals surface area contributed by atoms with Crippen molar-refractivity contribution >= 4 is 5.91 Å². The van der Waals surface area contributed by atoms with Crippen LogP contribution in [0.25, 0.3) is 0 Å². The lowest BCUT2D eigenvalue weighted by atomic mass is 10.1. The van der Waals surface area contributed by atoms with Crippen LogP contribution in [-0.2, 0) is 4.79 Å². The van der Waals surface area contributed by atoms with E-state index < -0.39 is 0 Å². The molecule has 1 amide bonds. The Labute approximate surface area is 105 Å². The summed E-state index contributed by atoms with van der Waals surface area (Å²) in [6.45, 7) is 6.66. The van der Waals surface area contributed by atoms with Gasteiger partial charge in [-0.2, -0.15) is 0 Å². The number of carbonyl (C=O) groups is 1. The van der Waals surface area contributed by atoms with Crippen molar-refractivity contribution in [1.82, 2.24) is 10.2 Å². The van der Waals surface area contributed by atoms with Crippen molar-refractivity contribution < 1.29 is 4.79 Å². The minimum absolute atomic E-state index is 0.124. The molecule has 4 nitrogen and oxygen atoms in total. The maximum absolute atomic E-state index is 12.1. The Bertz CT molecular complexity index is 227. The fraction of sp³-hybridized carbons (Fsp3) is 0.923. The van der Waals surface area contributed by atoms with Gasteiger partial charge in [-0.3, -0.25) is 4.79 Å². The minimum Gasteiger partial charge on any atom is -0.343 e. The first-order chi connectivity index (χ1) is 8.17. The molecule has 1 heterocycles. The molecule has 2 unspecified atom stereocenters. The van der Waals surface area contributed by atoms with E-state index in [1.165, 1.54) is 6.42 Å². The quantitative estimate of drug-likeness (QED) is 0.732. The molecule has 1 aliphatic heterocycles. The molecule has 0 bridgehead atoms. The Hall–Kier alpha value is -0.610. The second-order valence-electron chi connectivity index (χ2n) is 5.05. The van der Waals surface area contributed by atoms with Crippen molar-refractivity contribution in [1.29, 1.82) is 0 Å². The molecule has 0 spiro atoms.